The molecule has 1 atom stereocenters. The summed E-state index contributed by atoms with van der Waals surface area (Å²) in [5.41, 5.74) is 6.15. The number of rotatable bonds is 4. The summed E-state index contributed by atoms with van der Waals surface area (Å²) < 4.78 is 0. The minimum Gasteiger partial charge on any atom is -0.298 e. The van der Waals surface area contributed by atoms with Crippen LogP contribution in [0.2, 0.25) is 0 Å². The van der Waals surface area contributed by atoms with Gasteiger partial charge in [0.1, 0.15) is 0 Å². The average Bonchev–Trinajstić information content (AvgIpc) is 2.63. The zero-order chi connectivity index (χ0) is 16.7. The molecule has 0 aliphatic carbocycles. The van der Waals surface area contributed by atoms with Crippen LogP contribution in [0.25, 0.3) is 0 Å². The van der Waals surface area contributed by atoms with E-state index in [1.165, 1.54) is 18.5 Å². The summed E-state index contributed by atoms with van der Waals surface area (Å²) in [6.45, 7) is 12.1. The first-order chi connectivity index (χ1) is 11.3. The molecule has 1 aliphatic heterocycles. The molecule has 2 aromatic rings. The van der Waals surface area contributed by atoms with E-state index in [1.54, 1.807) is 16.7 Å². The predicted molar refractivity (Wildman–Crippen MR) is 101 cm³/mol. The van der Waals surface area contributed by atoms with Crippen molar-refractivity contribution in [3.05, 3.63) is 70.8 Å². The van der Waals surface area contributed by atoms with Crippen LogP contribution in [0.1, 0.15) is 55.9 Å². The third-order valence-corrected chi connectivity index (χ3v) is 4.72. The van der Waals surface area contributed by atoms with E-state index in [4.69, 9.17) is 0 Å². The highest BCUT2D eigenvalue weighted by Crippen LogP contribution is 2.25. The Morgan fingerprint density at radius 1 is 1.00 bits per heavy atom. The summed E-state index contributed by atoms with van der Waals surface area (Å²) in [5.74, 6) is 0.599. The fourth-order valence-electron chi connectivity index (χ4n) is 3.51. The second kappa shape index (κ2) is 8.88. The van der Waals surface area contributed by atoms with Gasteiger partial charge in [-0.1, -0.05) is 76.2 Å². The largest absolute Gasteiger partial charge is 0.298 e. The van der Waals surface area contributed by atoms with Crippen LogP contribution in [-0.4, -0.2) is 18.0 Å². The van der Waals surface area contributed by atoms with Gasteiger partial charge in [-0.25, -0.2) is 0 Å². The van der Waals surface area contributed by atoms with E-state index < -0.39 is 0 Å². The monoisotopic (exact) mass is 309 g/mol. The van der Waals surface area contributed by atoms with E-state index >= 15 is 0 Å². The standard InChI is InChI=1S/C20H25N.C2H6/c1-3-17-10-7-11-19-15-21(13-12-20(17)19)14-16(2)18-8-5-4-6-9-18;1-2/h4-11,16H,3,12-15H2,1-2H3;1-2H3. The minimum atomic E-state index is 0.599. The second-order valence-electron chi connectivity index (χ2n) is 6.21. The van der Waals surface area contributed by atoms with Gasteiger partial charge in [-0.2, -0.15) is 0 Å². The number of hydrogen-bond acceptors (Lipinski definition) is 1. The van der Waals surface area contributed by atoms with Crippen molar-refractivity contribution in [3.8, 4) is 0 Å². The van der Waals surface area contributed by atoms with Crippen molar-refractivity contribution in [3.63, 3.8) is 0 Å². The maximum atomic E-state index is 2.61. The number of benzene rings is 2. The van der Waals surface area contributed by atoms with Gasteiger partial charge in [0.2, 0.25) is 0 Å². The Bertz CT molecular complexity index is 588. The van der Waals surface area contributed by atoms with Crippen molar-refractivity contribution in [2.75, 3.05) is 13.1 Å². The van der Waals surface area contributed by atoms with Gasteiger partial charge < -0.3 is 0 Å². The van der Waals surface area contributed by atoms with Gasteiger partial charge >= 0.3 is 0 Å². The molecule has 2 aromatic carbocycles. The molecule has 0 radical (unpaired) electrons. The first-order valence-corrected chi connectivity index (χ1v) is 9.15. The SMILES string of the molecule is CC.CCc1cccc2c1CCN(CC(C)c1ccccc1)C2. The fraction of sp³-hybridized carbons (Fsp3) is 0.455. The molecule has 0 bridgehead atoms. The lowest BCUT2D eigenvalue weighted by Gasteiger charge is -2.32. The Morgan fingerprint density at radius 3 is 2.43 bits per heavy atom. The summed E-state index contributed by atoms with van der Waals surface area (Å²) in [4.78, 5) is 2.61. The Kier molecular flexibility index (Phi) is 6.85. The average molecular weight is 309 g/mol. The van der Waals surface area contributed by atoms with Gasteiger partial charge in [0.05, 0.1) is 0 Å². The molecule has 1 aliphatic rings. The van der Waals surface area contributed by atoms with Crippen LogP contribution in [0.5, 0.6) is 0 Å². The molecular weight excluding hydrogens is 278 g/mol. The van der Waals surface area contributed by atoms with Gasteiger partial charge in [0.15, 0.2) is 0 Å². The fourth-order valence-corrected chi connectivity index (χ4v) is 3.51. The van der Waals surface area contributed by atoms with E-state index in [0.717, 1.165) is 19.5 Å². The van der Waals surface area contributed by atoms with Crippen LogP contribution in [-0.2, 0) is 19.4 Å². The van der Waals surface area contributed by atoms with Crippen LogP contribution in [0.4, 0.5) is 0 Å². The third kappa shape index (κ3) is 4.45. The lowest BCUT2D eigenvalue weighted by Crippen LogP contribution is -2.33. The molecule has 0 spiro atoms. The van der Waals surface area contributed by atoms with Crippen molar-refractivity contribution < 1.29 is 0 Å². The summed E-state index contributed by atoms with van der Waals surface area (Å²) in [6, 6.07) is 17.7. The molecule has 0 amide bonds. The molecular formula is C22H31N. The van der Waals surface area contributed by atoms with Crippen LogP contribution >= 0.6 is 0 Å². The Hall–Kier alpha value is -1.60. The lowest BCUT2D eigenvalue weighted by molar-refractivity contribution is 0.241. The first kappa shape index (κ1) is 17.7. The van der Waals surface area contributed by atoms with Gasteiger partial charge in [0.25, 0.3) is 0 Å². The topological polar surface area (TPSA) is 3.24 Å². The molecule has 1 unspecified atom stereocenters. The van der Waals surface area contributed by atoms with Gasteiger partial charge in [-0.15, -0.1) is 0 Å². The number of aryl methyl sites for hydroxylation is 1. The number of hydrogen-bond donors (Lipinski definition) is 0. The van der Waals surface area contributed by atoms with Crippen LogP contribution in [0.3, 0.4) is 0 Å². The molecule has 0 fully saturated rings. The highest BCUT2D eigenvalue weighted by atomic mass is 15.1. The molecule has 1 nitrogen and oxygen atoms in total. The number of fused-ring (bicyclic) bond motifs is 1. The van der Waals surface area contributed by atoms with Crippen LogP contribution in [0, 0.1) is 0 Å². The maximum Gasteiger partial charge on any atom is 0.0236 e. The number of nitrogens with zero attached hydrogens (tertiary/aromatic N) is 1. The van der Waals surface area contributed by atoms with Crippen molar-refractivity contribution in [1.82, 2.24) is 4.90 Å². The third-order valence-electron chi connectivity index (χ3n) is 4.72. The quantitative estimate of drug-likeness (QED) is 0.727. The summed E-state index contributed by atoms with van der Waals surface area (Å²) >= 11 is 0. The van der Waals surface area contributed by atoms with Crippen molar-refractivity contribution in [2.24, 2.45) is 0 Å². The molecule has 1 heterocycles. The molecule has 0 saturated carbocycles. The Labute approximate surface area is 142 Å². The highest BCUT2D eigenvalue weighted by molar-refractivity contribution is 5.37. The Morgan fingerprint density at radius 2 is 1.74 bits per heavy atom. The maximum absolute atomic E-state index is 2.61. The van der Waals surface area contributed by atoms with E-state index in [2.05, 4.69) is 67.3 Å². The van der Waals surface area contributed by atoms with Crippen molar-refractivity contribution >= 4 is 0 Å². The molecule has 23 heavy (non-hydrogen) atoms. The molecule has 3 rings (SSSR count). The first-order valence-electron chi connectivity index (χ1n) is 9.15. The molecule has 0 N–H and O–H groups in total. The van der Waals surface area contributed by atoms with Gasteiger partial charge in [0, 0.05) is 19.6 Å². The van der Waals surface area contributed by atoms with E-state index in [9.17, 15) is 0 Å². The van der Waals surface area contributed by atoms with Gasteiger partial charge in [-0.3, -0.25) is 4.90 Å². The normalized spacial score (nSPS) is 15.3. The molecule has 124 valence electrons. The van der Waals surface area contributed by atoms with E-state index in [1.807, 2.05) is 13.8 Å². The lowest BCUT2D eigenvalue weighted by atomic mass is 9.92. The molecule has 1 heteroatoms. The highest BCUT2D eigenvalue weighted by Gasteiger charge is 2.19. The summed E-state index contributed by atoms with van der Waals surface area (Å²) in [5, 5.41) is 0. The van der Waals surface area contributed by atoms with E-state index in [0.29, 0.717) is 5.92 Å². The summed E-state index contributed by atoms with van der Waals surface area (Å²) in [7, 11) is 0. The second-order valence-corrected chi connectivity index (χ2v) is 6.21. The van der Waals surface area contributed by atoms with Crippen molar-refractivity contribution in [2.45, 2.75) is 53.0 Å². The van der Waals surface area contributed by atoms with Crippen LogP contribution in [0.15, 0.2) is 48.5 Å². The zero-order valence-electron chi connectivity index (χ0n) is 15.2. The van der Waals surface area contributed by atoms with Crippen molar-refractivity contribution in [1.29, 1.82) is 0 Å². The smallest absolute Gasteiger partial charge is 0.0236 e. The Balaban J connectivity index is 0.000000924. The van der Waals surface area contributed by atoms with E-state index in [-0.39, 0.29) is 0 Å². The minimum absolute atomic E-state index is 0.599. The molecule has 0 aromatic heterocycles. The molecule has 0 saturated heterocycles. The van der Waals surface area contributed by atoms with Gasteiger partial charge in [-0.05, 0) is 41.0 Å². The summed E-state index contributed by atoms with van der Waals surface area (Å²) in [6.07, 6.45) is 2.37. The van der Waals surface area contributed by atoms with Crippen LogP contribution < -0.4 is 0 Å². The predicted octanol–water partition coefficient (Wildman–Crippen LogP) is 5.44. The zero-order valence-corrected chi connectivity index (χ0v) is 15.2.